The summed E-state index contributed by atoms with van der Waals surface area (Å²) in [7, 11) is 0. The van der Waals surface area contributed by atoms with Crippen molar-refractivity contribution in [3.8, 4) is 0 Å². The Morgan fingerprint density at radius 1 is 0.500 bits per heavy atom. The van der Waals surface area contributed by atoms with Crippen molar-refractivity contribution in [2.75, 3.05) is 0 Å². The zero-order chi connectivity index (χ0) is 14.3. The van der Waals surface area contributed by atoms with Crippen molar-refractivity contribution in [2.24, 2.45) is 0 Å². The van der Waals surface area contributed by atoms with Crippen LogP contribution in [0.1, 0.15) is 90.5 Å². The largest absolute Gasteiger partial charge is 0.323 e. The Kier molecular flexibility index (Phi) is 61.1. The summed E-state index contributed by atoms with van der Waals surface area (Å²) >= 11 is 0. The molecule has 0 saturated heterocycles. The second kappa shape index (κ2) is 30.4. The van der Waals surface area contributed by atoms with Crippen LogP contribution in [0.3, 0.4) is 0 Å². The van der Waals surface area contributed by atoms with Gasteiger partial charge in [0, 0.05) is 17.4 Å². The predicted octanol–water partition coefficient (Wildman–Crippen LogP) is 7.12. The maximum Gasteiger partial charge on any atom is 0.0813 e. The van der Waals surface area contributed by atoms with E-state index in [4.69, 9.17) is 0 Å². The Balaban J connectivity index is -0.0000000257. The van der Waals surface area contributed by atoms with Gasteiger partial charge in [0.1, 0.15) is 0 Å². The minimum absolute atomic E-state index is 0. The van der Waals surface area contributed by atoms with Crippen LogP contribution in [0, 0.1) is 23.7 Å². The molecule has 0 aromatic heterocycles. The summed E-state index contributed by atoms with van der Waals surface area (Å²) in [4.78, 5) is 0. The summed E-state index contributed by atoms with van der Waals surface area (Å²) in [5.41, 5.74) is 0. The molecule has 0 atom stereocenters. The van der Waals surface area contributed by atoms with Crippen LogP contribution >= 0.6 is 0 Å². The van der Waals surface area contributed by atoms with E-state index in [0.29, 0.717) is 0 Å². The Hall–Kier alpha value is 0.272. The Morgan fingerprint density at radius 2 is 0.500 bits per heavy atom. The van der Waals surface area contributed by atoms with Crippen LogP contribution in [0.2, 0.25) is 0 Å². The molecule has 0 fully saturated rings. The van der Waals surface area contributed by atoms with E-state index < -0.39 is 0 Å². The van der Waals surface area contributed by atoms with Crippen LogP contribution in [0.25, 0.3) is 0 Å². The zero-order valence-corrected chi connectivity index (χ0v) is 15.7. The second-order valence-corrected chi connectivity index (χ2v) is 6.00. The quantitative estimate of drug-likeness (QED) is 0.417. The van der Waals surface area contributed by atoms with E-state index in [1.807, 2.05) is 0 Å². The molecule has 0 rings (SSSR count). The molecule has 18 heavy (non-hydrogen) atoms. The van der Waals surface area contributed by atoms with E-state index in [0.717, 1.165) is 0 Å². The van der Waals surface area contributed by atoms with Gasteiger partial charge in [-0.05, 0) is 0 Å². The molecule has 0 radical (unpaired) electrons. The minimum Gasteiger partial charge on any atom is -0.323 e. The van der Waals surface area contributed by atoms with E-state index in [9.17, 15) is 0 Å². The fraction of sp³-hybridized carbons (Fsp3) is 0.765. The van der Waals surface area contributed by atoms with Gasteiger partial charge in [0.15, 0.2) is 0 Å². The van der Waals surface area contributed by atoms with Gasteiger partial charge >= 0.3 is 0 Å². The van der Waals surface area contributed by atoms with Crippen molar-refractivity contribution in [3.05, 3.63) is 23.7 Å². The first-order valence-corrected chi connectivity index (χ1v) is 6.00. The topological polar surface area (TPSA) is 0 Å². The van der Waals surface area contributed by atoms with E-state index in [-0.39, 0.29) is 24.8 Å². The zero-order valence-electron chi connectivity index (χ0n) is 14.4. The third-order valence-electron chi connectivity index (χ3n) is 0. The van der Waals surface area contributed by atoms with E-state index in [2.05, 4.69) is 83.1 Å². The molecule has 0 bridgehead atoms. The van der Waals surface area contributed by atoms with Crippen LogP contribution in [-0.4, -0.2) is 0 Å². The number of hydrogen-bond donors (Lipinski definition) is 0. The van der Waals surface area contributed by atoms with Crippen LogP contribution < -0.4 is 0 Å². The molecule has 114 valence electrons. The van der Waals surface area contributed by atoms with Crippen molar-refractivity contribution in [3.63, 3.8) is 0 Å². The fourth-order valence-corrected chi connectivity index (χ4v) is 0. The fourth-order valence-electron chi connectivity index (χ4n) is 0. The molecule has 0 amide bonds. The Labute approximate surface area is 131 Å². The van der Waals surface area contributed by atoms with Crippen molar-refractivity contribution < 1.29 is 17.4 Å². The molecule has 0 aliphatic carbocycles. The van der Waals surface area contributed by atoms with Gasteiger partial charge in [-0.3, -0.25) is 0 Å². The normalized spacial score (nSPS) is 7.00. The first-order chi connectivity index (χ1) is 6.93. The molecule has 0 aromatic carbocycles. The third kappa shape index (κ3) is 51100. The standard InChI is InChI=1S/4C4H9.CH4.Cr/c4*1-4(2)3;;/h4*1-3H3;1H4;/q2*-1;2*+1;;. The van der Waals surface area contributed by atoms with Crippen molar-refractivity contribution in [1.29, 1.82) is 0 Å². The van der Waals surface area contributed by atoms with Gasteiger partial charge in [-0.15, -0.1) is 0 Å². The first-order valence-electron chi connectivity index (χ1n) is 6.00. The van der Waals surface area contributed by atoms with Crippen LogP contribution in [0.15, 0.2) is 0 Å². The van der Waals surface area contributed by atoms with E-state index in [1.165, 1.54) is 23.7 Å². The predicted molar refractivity (Wildman–Crippen MR) is 87.8 cm³/mol. The summed E-state index contributed by atoms with van der Waals surface area (Å²) in [5, 5.41) is 0. The van der Waals surface area contributed by atoms with Gasteiger partial charge in [-0.2, -0.15) is 41.5 Å². The van der Waals surface area contributed by atoms with Gasteiger partial charge < -0.3 is 11.8 Å². The molecule has 0 heterocycles. The van der Waals surface area contributed by atoms with Gasteiger partial charge in [0.25, 0.3) is 0 Å². The van der Waals surface area contributed by atoms with Gasteiger partial charge in [-0.25, -0.2) is 0 Å². The average molecular weight is 297 g/mol. The van der Waals surface area contributed by atoms with Crippen LogP contribution in [0.5, 0.6) is 0 Å². The van der Waals surface area contributed by atoms with E-state index >= 15 is 0 Å². The van der Waals surface area contributed by atoms with Gasteiger partial charge in [0.05, 0.1) is 53.4 Å². The third-order valence-corrected chi connectivity index (χ3v) is 0. The monoisotopic (exact) mass is 296 g/mol. The Bertz CT molecular complexity index is 48.6. The van der Waals surface area contributed by atoms with Crippen LogP contribution in [0.4, 0.5) is 0 Å². The molecule has 0 spiro atoms. The number of hydrogen-bond acceptors (Lipinski definition) is 0. The number of rotatable bonds is 0. The summed E-state index contributed by atoms with van der Waals surface area (Å²) in [6.45, 7) is 25.0. The van der Waals surface area contributed by atoms with Crippen molar-refractivity contribution in [1.82, 2.24) is 0 Å². The molecule has 0 nitrogen and oxygen atoms in total. The van der Waals surface area contributed by atoms with E-state index in [1.54, 1.807) is 0 Å². The maximum absolute atomic E-state index is 2.08. The molecule has 0 aliphatic rings. The minimum atomic E-state index is 0. The Morgan fingerprint density at radius 3 is 0.500 bits per heavy atom. The first kappa shape index (κ1) is 36.2. The molecule has 0 aromatic rings. The molecular formula is C17H40Cr. The summed E-state index contributed by atoms with van der Waals surface area (Å²) in [6, 6.07) is 0. The second-order valence-electron chi connectivity index (χ2n) is 6.00. The maximum atomic E-state index is 2.08. The molecular weight excluding hydrogens is 256 g/mol. The van der Waals surface area contributed by atoms with Gasteiger partial charge in [0.2, 0.25) is 0 Å². The molecule has 0 N–H and O–H groups in total. The van der Waals surface area contributed by atoms with Gasteiger partial charge in [-0.1, -0.05) is 7.43 Å². The van der Waals surface area contributed by atoms with Crippen LogP contribution in [-0.2, 0) is 17.4 Å². The molecule has 1 heteroatoms. The van der Waals surface area contributed by atoms with Crippen molar-refractivity contribution in [2.45, 2.75) is 90.5 Å². The summed E-state index contributed by atoms with van der Waals surface area (Å²) in [6.07, 6.45) is 0. The summed E-state index contributed by atoms with van der Waals surface area (Å²) < 4.78 is 0. The molecule has 0 saturated carbocycles. The molecule has 0 unspecified atom stereocenters. The molecule has 0 aliphatic heterocycles. The van der Waals surface area contributed by atoms with Crippen molar-refractivity contribution >= 4 is 0 Å². The average Bonchev–Trinajstić information content (AvgIpc) is 1.76. The summed E-state index contributed by atoms with van der Waals surface area (Å²) in [5.74, 6) is 5.67. The smallest absolute Gasteiger partial charge is 0.0813 e. The SMILES string of the molecule is C.C[C+](C)C.C[C+](C)C.C[C-](C)C.C[C-](C)C.[Cr].